The molecule has 2 N–H and O–H groups in total. The summed E-state index contributed by atoms with van der Waals surface area (Å²) in [7, 11) is 0. The number of anilines is 2. The number of hydrogen-bond acceptors (Lipinski definition) is 6. The summed E-state index contributed by atoms with van der Waals surface area (Å²) in [4.78, 5) is 22.5. The Kier molecular flexibility index (Phi) is 3.67. The first-order chi connectivity index (χ1) is 10.2. The van der Waals surface area contributed by atoms with Gasteiger partial charge in [-0.2, -0.15) is 4.98 Å². The van der Waals surface area contributed by atoms with Crippen molar-refractivity contribution in [3.63, 3.8) is 0 Å². The molecule has 3 heterocycles. The van der Waals surface area contributed by atoms with Crippen LogP contribution in [0.5, 0.6) is 0 Å². The van der Waals surface area contributed by atoms with Gasteiger partial charge in [0.05, 0.1) is 6.61 Å². The lowest BCUT2D eigenvalue weighted by atomic mass is 9.76. The van der Waals surface area contributed by atoms with Crippen LogP contribution in [0.15, 0.2) is 12.3 Å². The minimum absolute atomic E-state index is 0.0927. The van der Waals surface area contributed by atoms with Gasteiger partial charge in [0, 0.05) is 32.4 Å². The molecule has 7 heteroatoms. The number of aromatic nitrogens is 2. The van der Waals surface area contributed by atoms with Gasteiger partial charge in [-0.3, -0.25) is 4.79 Å². The number of fused-ring (bicyclic) bond motifs is 1. The zero-order valence-corrected chi connectivity index (χ0v) is 12.1. The molecule has 0 saturated carbocycles. The largest absolute Gasteiger partial charge is 0.481 e. The van der Waals surface area contributed by atoms with E-state index in [1.54, 1.807) is 6.20 Å². The predicted octanol–water partition coefficient (Wildman–Crippen LogP) is 0.836. The quantitative estimate of drug-likeness (QED) is 0.850. The lowest BCUT2D eigenvalue weighted by molar-refractivity contribution is -0.159. The Bertz CT molecular complexity index is 539. The molecule has 21 heavy (non-hydrogen) atoms. The summed E-state index contributed by atoms with van der Waals surface area (Å²) in [6, 6.07) is 1.81. The van der Waals surface area contributed by atoms with E-state index in [0.29, 0.717) is 25.6 Å². The molecule has 2 aliphatic rings. The monoisotopic (exact) mass is 292 g/mol. The lowest BCUT2D eigenvalue weighted by Gasteiger charge is -2.33. The SMILES string of the molecule is CCNc1ccnc(N2C[C@@H]3CCOC[C@]3(C(=O)O)C2)n1. The van der Waals surface area contributed by atoms with Crippen LogP contribution < -0.4 is 10.2 Å². The van der Waals surface area contributed by atoms with E-state index < -0.39 is 11.4 Å². The number of aliphatic carboxylic acids is 1. The van der Waals surface area contributed by atoms with Crippen molar-refractivity contribution in [2.24, 2.45) is 11.3 Å². The molecule has 3 rings (SSSR count). The standard InChI is InChI=1S/C14H20N4O3/c1-2-15-11-3-5-16-13(17-11)18-7-10-4-6-21-9-14(10,8-18)12(19)20/h3,5,10H,2,4,6-9H2,1H3,(H,19,20)(H,15,16,17)/t10-,14+/m0/s1. The van der Waals surface area contributed by atoms with Gasteiger partial charge in [0.25, 0.3) is 0 Å². The molecular weight excluding hydrogens is 272 g/mol. The van der Waals surface area contributed by atoms with Gasteiger partial charge in [0.15, 0.2) is 0 Å². The van der Waals surface area contributed by atoms with Crippen molar-refractivity contribution in [3.8, 4) is 0 Å². The molecule has 1 aromatic rings. The molecule has 7 nitrogen and oxygen atoms in total. The Morgan fingerprint density at radius 3 is 3.24 bits per heavy atom. The summed E-state index contributed by atoms with van der Waals surface area (Å²) in [6.07, 6.45) is 2.47. The number of hydrogen-bond donors (Lipinski definition) is 2. The van der Waals surface area contributed by atoms with Crippen molar-refractivity contribution in [3.05, 3.63) is 12.3 Å². The molecule has 0 aromatic carbocycles. The zero-order valence-electron chi connectivity index (χ0n) is 12.1. The Morgan fingerprint density at radius 1 is 1.67 bits per heavy atom. The molecule has 0 unspecified atom stereocenters. The van der Waals surface area contributed by atoms with Gasteiger partial charge in [-0.25, -0.2) is 4.98 Å². The van der Waals surface area contributed by atoms with E-state index in [4.69, 9.17) is 4.74 Å². The highest BCUT2D eigenvalue weighted by atomic mass is 16.5. The van der Waals surface area contributed by atoms with Crippen molar-refractivity contribution in [2.75, 3.05) is 43.1 Å². The molecule has 2 aliphatic heterocycles. The highest BCUT2D eigenvalue weighted by Crippen LogP contribution is 2.42. The second-order valence-electron chi connectivity index (χ2n) is 5.65. The number of rotatable bonds is 4. The van der Waals surface area contributed by atoms with Crippen LogP contribution in [0.1, 0.15) is 13.3 Å². The second kappa shape index (κ2) is 5.48. The highest BCUT2D eigenvalue weighted by Gasteiger charge is 2.54. The van der Waals surface area contributed by atoms with Gasteiger partial charge >= 0.3 is 5.97 Å². The fraction of sp³-hybridized carbons (Fsp3) is 0.643. The first kappa shape index (κ1) is 14.1. The Hall–Kier alpha value is -1.89. The molecule has 0 spiro atoms. The number of nitrogens with zero attached hydrogens (tertiary/aromatic N) is 3. The molecular formula is C14H20N4O3. The topological polar surface area (TPSA) is 87.6 Å². The molecule has 1 aromatic heterocycles. The number of carboxylic acid groups (broad SMARTS) is 1. The summed E-state index contributed by atoms with van der Waals surface area (Å²) in [5, 5.41) is 12.8. The average Bonchev–Trinajstić information content (AvgIpc) is 2.89. The number of ether oxygens (including phenoxy) is 1. The third-order valence-electron chi connectivity index (χ3n) is 4.38. The van der Waals surface area contributed by atoms with Crippen LogP contribution in [0, 0.1) is 11.3 Å². The van der Waals surface area contributed by atoms with Crippen molar-refractivity contribution in [1.29, 1.82) is 0 Å². The minimum Gasteiger partial charge on any atom is -0.481 e. The average molecular weight is 292 g/mol. The van der Waals surface area contributed by atoms with Gasteiger partial charge in [-0.1, -0.05) is 0 Å². The molecule has 2 saturated heterocycles. The molecule has 0 aliphatic carbocycles. The maximum atomic E-state index is 11.7. The number of carboxylic acids is 1. The van der Waals surface area contributed by atoms with Gasteiger partial charge in [0.1, 0.15) is 11.2 Å². The minimum atomic E-state index is -0.824. The molecule has 0 bridgehead atoms. The van der Waals surface area contributed by atoms with Crippen molar-refractivity contribution < 1.29 is 14.6 Å². The summed E-state index contributed by atoms with van der Waals surface area (Å²) in [5.74, 6) is 0.661. The molecule has 2 fully saturated rings. The third kappa shape index (κ3) is 2.42. The zero-order chi connectivity index (χ0) is 14.9. The molecule has 2 atom stereocenters. The molecule has 0 radical (unpaired) electrons. The van der Waals surface area contributed by atoms with Crippen LogP contribution in [0.4, 0.5) is 11.8 Å². The smallest absolute Gasteiger partial charge is 0.314 e. The predicted molar refractivity (Wildman–Crippen MR) is 77.4 cm³/mol. The first-order valence-corrected chi connectivity index (χ1v) is 7.29. The Morgan fingerprint density at radius 2 is 2.52 bits per heavy atom. The van der Waals surface area contributed by atoms with E-state index >= 15 is 0 Å². The van der Waals surface area contributed by atoms with E-state index in [9.17, 15) is 9.90 Å². The van der Waals surface area contributed by atoms with Gasteiger partial charge < -0.3 is 20.1 Å². The van der Waals surface area contributed by atoms with Gasteiger partial charge in [-0.05, 0) is 25.3 Å². The van der Waals surface area contributed by atoms with Crippen LogP contribution in [-0.4, -0.2) is 53.9 Å². The first-order valence-electron chi connectivity index (χ1n) is 7.29. The normalized spacial score (nSPS) is 28.2. The fourth-order valence-corrected chi connectivity index (χ4v) is 3.22. The maximum absolute atomic E-state index is 11.7. The number of nitrogens with one attached hydrogen (secondary N) is 1. The van der Waals surface area contributed by atoms with Crippen molar-refractivity contribution >= 4 is 17.7 Å². The molecule has 114 valence electrons. The van der Waals surface area contributed by atoms with E-state index in [1.165, 1.54) is 0 Å². The summed E-state index contributed by atoms with van der Waals surface area (Å²) < 4.78 is 5.43. The third-order valence-corrected chi connectivity index (χ3v) is 4.38. The van der Waals surface area contributed by atoms with Crippen LogP contribution >= 0.6 is 0 Å². The number of carbonyl (C=O) groups is 1. The van der Waals surface area contributed by atoms with Crippen LogP contribution in [0.2, 0.25) is 0 Å². The van der Waals surface area contributed by atoms with E-state index in [0.717, 1.165) is 18.8 Å². The Balaban J connectivity index is 1.85. The van der Waals surface area contributed by atoms with E-state index in [1.807, 2.05) is 17.9 Å². The van der Waals surface area contributed by atoms with Crippen LogP contribution in [0.25, 0.3) is 0 Å². The lowest BCUT2D eigenvalue weighted by Crippen LogP contribution is -2.46. The van der Waals surface area contributed by atoms with E-state index in [2.05, 4.69) is 15.3 Å². The molecule has 0 amide bonds. The second-order valence-corrected chi connectivity index (χ2v) is 5.65. The van der Waals surface area contributed by atoms with Gasteiger partial charge in [0.2, 0.25) is 5.95 Å². The van der Waals surface area contributed by atoms with Crippen molar-refractivity contribution in [2.45, 2.75) is 13.3 Å². The van der Waals surface area contributed by atoms with Crippen LogP contribution in [0.3, 0.4) is 0 Å². The fourth-order valence-electron chi connectivity index (χ4n) is 3.22. The van der Waals surface area contributed by atoms with Gasteiger partial charge in [-0.15, -0.1) is 0 Å². The Labute approximate surface area is 123 Å². The summed E-state index contributed by atoms with van der Waals surface area (Å²) >= 11 is 0. The summed E-state index contributed by atoms with van der Waals surface area (Å²) in [6.45, 7) is 4.77. The summed E-state index contributed by atoms with van der Waals surface area (Å²) in [5.41, 5.74) is -0.824. The maximum Gasteiger partial charge on any atom is 0.314 e. The van der Waals surface area contributed by atoms with Crippen LogP contribution in [-0.2, 0) is 9.53 Å². The van der Waals surface area contributed by atoms with Crippen molar-refractivity contribution in [1.82, 2.24) is 9.97 Å². The highest BCUT2D eigenvalue weighted by molar-refractivity contribution is 5.77. The van der Waals surface area contributed by atoms with E-state index in [-0.39, 0.29) is 12.5 Å².